The fraction of sp³-hybridized carbons (Fsp3) is 0.923. The van der Waals surface area contributed by atoms with Gasteiger partial charge in [0.2, 0.25) is 0 Å². The highest BCUT2D eigenvalue weighted by atomic mass is 35.5. The molecule has 4 heteroatoms. The first-order chi connectivity index (χ1) is 8.26. The third kappa shape index (κ3) is 2.87. The van der Waals surface area contributed by atoms with Crippen molar-refractivity contribution < 1.29 is 4.79 Å². The standard InChI is InChI=1S/C13H23ClN2O/c1-2-10-4-3-5-11-6-8-16(9-7-14)13(17)15-12(10)11/h10-12H,2-9H2,1H3,(H,15,17)/t10-,11?,12?/m1/s1. The van der Waals surface area contributed by atoms with Crippen molar-refractivity contribution in [2.75, 3.05) is 19.0 Å². The molecule has 3 nitrogen and oxygen atoms in total. The number of urea groups is 1. The van der Waals surface area contributed by atoms with Crippen molar-refractivity contribution in [3.05, 3.63) is 0 Å². The van der Waals surface area contributed by atoms with Gasteiger partial charge in [-0.2, -0.15) is 0 Å². The van der Waals surface area contributed by atoms with Crippen LogP contribution in [-0.4, -0.2) is 35.9 Å². The van der Waals surface area contributed by atoms with Crippen LogP contribution in [0.15, 0.2) is 0 Å². The van der Waals surface area contributed by atoms with Gasteiger partial charge in [0.1, 0.15) is 0 Å². The number of nitrogens with zero attached hydrogens (tertiary/aromatic N) is 1. The first-order valence-electron chi connectivity index (χ1n) is 6.87. The van der Waals surface area contributed by atoms with Crippen LogP contribution in [0.4, 0.5) is 4.79 Å². The molecule has 0 aromatic rings. The van der Waals surface area contributed by atoms with E-state index in [9.17, 15) is 4.79 Å². The lowest BCUT2D eigenvalue weighted by Crippen LogP contribution is -2.48. The Morgan fingerprint density at radius 3 is 2.94 bits per heavy atom. The number of amides is 2. The average molecular weight is 259 g/mol. The summed E-state index contributed by atoms with van der Waals surface area (Å²) in [7, 11) is 0. The summed E-state index contributed by atoms with van der Waals surface area (Å²) >= 11 is 5.74. The van der Waals surface area contributed by atoms with Crippen LogP contribution in [0.3, 0.4) is 0 Å². The van der Waals surface area contributed by atoms with Crippen LogP contribution in [0.5, 0.6) is 0 Å². The highest BCUT2D eigenvalue weighted by Crippen LogP contribution is 2.34. The van der Waals surface area contributed by atoms with Crippen LogP contribution < -0.4 is 5.32 Å². The van der Waals surface area contributed by atoms with Gasteiger partial charge in [0, 0.05) is 25.0 Å². The summed E-state index contributed by atoms with van der Waals surface area (Å²) < 4.78 is 0. The van der Waals surface area contributed by atoms with Gasteiger partial charge in [-0.05, 0) is 31.1 Å². The van der Waals surface area contributed by atoms with Crippen LogP contribution in [0.1, 0.15) is 39.0 Å². The summed E-state index contributed by atoms with van der Waals surface area (Å²) in [4.78, 5) is 13.9. The summed E-state index contributed by atoms with van der Waals surface area (Å²) in [6.07, 6.45) is 6.18. The van der Waals surface area contributed by atoms with Gasteiger partial charge in [-0.3, -0.25) is 0 Å². The minimum absolute atomic E-state index is 0.0958. The van der Waals surface area contributed by atoms with Gasteiger partial charge < -0.3 is 10.2 Å². The fourth-order valence-corrected chi connectivity index (χ4v) is 3.58. The van der Waals surface area contributed by atoms with Gasteiger partial charge in [0.05, 0.1) is 0 Å². The molecule has 1 heterocycles. The van der Waals surface area contributed by atoms with Gasteiger partial charge in [-0.25, -0.2) is 4.79 Å². The highest BCUT2D eigenvalue weighted by molar-refractivity contribution is 6.18. The number of alkyl halides is 1. The Hall–Kier alpha value is -0.440. The fourth-order valence-electron chi connectivity index (χ4n) is 3.38. The smallest absolute Gasteiger partial charge is 0.317 e. The van der Waals surface area contributed by atoms with Crippen LogP contribution in [0.25, 0.3) is 0 Å². The predicted molar refractivity (Wildman–Crippen MR) is 70.4 cm³/mol. The third-order valence-electron chi connectivity index (χ3n) is 4.39. The maximum atomic E-state index is 12.1. The van der Waals surface area contributed by atoms with Gasteiger partial charge in [0.15, 0.2) is 0 Å². The monoisotopic (exact) mass is 258 g/mol. The highest BCUT2D eigenvalue weighted by Gasteiger charge is 2.36. The number of carbonyl (C=O) groups is 1. The van der Waals surface area contributed by atoms with Crippen LogP contribution in [0, 0.1) is 11.8 Å². The molecule has 0 aromatic carbocycles. The molecule has 1 aliphatic heterocycles. The molecule has 2 aliphatic rings. The molecule has 3 atom stereocenters. The summed E-state index contributed by atoms with van der Waals surface area (Å²) in [5.74, 6) is 1.88. The van der Waals surface area contributed by atoms with E-state index in [4.69, 9.17) is 11.6 Å². The molecule has 0 aromatic heterocycles. The first-order valence-corrected chi connectivity index (χ1v) is 7.41. The van der Waals surface area contributed by atoms with E-state index in [1.54, 1.807) is 0 Å². The van der Waals surface area contributed by atoms with E-state index in [1.807, 2.05) is 4.90 Å². The maximum absolute atomic E-state index is 12.1. The van der Waals surface area contributed by atoms with E-state index in [0.717, 1.165) is 13.0 Å². The SMILES string of the molecule is CC[C@@H]1CCCC2CCN(CCCl)C(=O)NC21. The zero-order valence-electron chi connectivity index (χ0n) is 10.6. The van der Waals surface area contributed by atoms with E-state index in [0.29, 0.717) is 30.3 Å². The number of hydrogen-bond acceptors (Lipinski definition) is 1. The zero-order valence-corrected chi connectivity index (χ0v) is 11.4. The molecule has 17 heavy (non-hydrogen) atoms. The second-order valence-electron chi connectivity index (χ2n) is 5.30. The lowest BCUT2D eigenvalue weighted by atomic mass is 9.74. The molecular weight excluding hydrogens is 236 g/mol. The number of nitrogens with one attached hydrogen (secondary N) is 1. The lowest BCUT2D eigenvalue weighted by molar-refractivity contribution is 0.179. The topological polar surface area (TPSA) is 32.3 Å². The minimum atomic E-state index is 0.0958. The van der Waals surface area contributed by atoms with Crippen molar-refractivity contribution in [1.29, 1.82) is 0 Å². The lowest BCUT2D eigenvalue weighted by Gasteiger charge is -2.36. The van der Waals surface area contributed by atoms with Crippen LogP contribution >= 0.6 is 11.6 Å². The molecule has 1 saturated heterocycles. The minimum Gasteiger partial charge on any atom is -0.335 e. The molecule has 1 saturated carbocycles. The van der Waals surface area contributed by atoms with Crippen molar-refractivity contribution in [3.63, 3.8) is 0 Å². The molecule has 1 aliphatic carbocycles. The number of carbonyl (C=O) groups excluding carboxylic acids is 1. The molecular formula is C13H23ClN2O. The third-order valence-corrected chi connectivity index (χ3v) is 4.56. The number of fused-ring (bicyclic) bond motifs is 1. The molecule has 2 fully saturated rings. The summed E-state index contributed by atoms with van der Waals surface area (Å²) in [6.45, 7) is 3.78. The van der Waals surface area contributed by atoms with Crippen molar-refractivity contribution >= 4 is 17.6 Å². The zero-order chi connectivity index (χ0) is 12.3. The van der Waals surface area contributed by atoms with E-state index in [2.05, 4.69) is 12.2 Å². The second kappa shape index (κ2) is 5.94. The predicted octanol–water partition coefficient (Wildman–Crippen LogP) is 2.84. The largest absolute Gasteiger partial charge is 0.335 e. The number of hydrogen-bond donors (Lipinski definition) is 1. The average Bonchev–Trinajstić information content (AvgIpc) is 2.50. The summed E-state index contributed by atoms with van der Waals surface area (Å²) in [5.41, 5.74) is 0. The Bertz CT molecular complexity index is 272. The van der Waals surface area contributed by atoms with Crippen molar-refractivity contribution in [3.8, 4) is 0 Å². The van der Waals surface area contributed by atoms with Crippen molar-refractivity contribution in [2.45, 2.75) is 45.1 Å². The van der Waals surface area contributed by atoms with E-state index < -0.39 is 0 Å². The maximum Gasteiger partial charge on any atom is 0.317 e. The van der Waals surface area contributed by atoms with Gasteiger partial charge in [-0.1, -0.05) is 19.8 Å². The summed E-state index contributed by atoms with van der Waals surface area (Å²) in [6, 6.07) is 0.500. The van der Waals surface area contributed by atoms with Crippen LogP contribution in [0.2, 0.25) is 0 Å². The molecule has 98 valence electrons. The normalized spacial score (nSPS) is 33.9. The molecule has 1 N–H and O–H groups in total. The first kappa shape index (κ1) is 13.0. The number of rotatable bonds is 3. The van der Waals surface area contributed by atoms with E-state index >= 15 is 0 Å². The molecule has 2 amide bonds. The van der Waals surface area contributed by atoms with E-state index in [1.165, 1.54) is 25.7 Å². The summed E-state index contributed by atoms with van der Waals surface area (Å²) in [5, 5.41) is 3.25. The number of halogens is 1. The molecule has 2 rings (SSSR count). The van der Waals surface area contributed by atoms with Crippen LogP contribution in [-0.2, 0) is 0 Å². The Balaban J connectivity index is 2.05. The van der Waals surface area contributed by atoms with Gasteiger partial charge in [0.25, 0.3) is 0 Å². The molecule has 0 radical (unpaired) electrons. The second-order valence-corrected chi connectivity index (χ2v) is 5.68. The van der Waals surface area contributed by atoms with Crippen molar-refractivity contribution in [2.24, 2.45) is 11.8 Å². The Morgan fingerprint density at radius 1 is 1.41 bits per heavy atom. The van der Waals surface area contributed by atoms with Gasteiger partial charge >= 0.3 is 6.03 Å². The molecule has 0 bridgehead atoms. The van der Waals surface area contributed by atoms with Gasteiger partial charge in [-0.15, -0.1) is 11.6 Å². The Morgan fingerprint density at radius 2 is 2.24 bits per heavy atom. The van der Waals surface area contributed by atoms with E-state index in [-0.39, 0.29) is 6.03 Å². The Labute approximate surface area is 109 Å². The Kier molecular flexibility index (Phi) is 4.55. The molecule has 2 unspecified atom stereocenters. The van der Waals surface area contributed by atoms with Crippen molar-refractivity contribution in [1.82, 2.24) is 10.2 Å². The quantitative estimate of drug-likeness (QED) is 0.776. The molecule has 0 spiro atoms.